The molecule has 0 radical (unpaired) electrons. The van der Waals surface area contributed by atoms with Crippen LogP contribution in [-0.4, -0.2) is 11.1 Å². The zero-order valence-electron chi connectivity index (χ0n) is 10.0. The Morgan fingerprint density at radius 3 is 2.31 bits per heavy atom. The largest absolute Gasteiger partial charge is 0.481 e. The molecule has 1 aliphatic carbocycles. The van der Waals surface area contributed by atoms with E-state index in [1.165, 1.54) is 5.56 Å². The number of aryl methyl sites for hydroxylation is 1. The molecule has 0 spiro atoms. The van der Waals surface area contributed by atoms with Gasteiger partial charge in [0.05, 0.1) is 5.41 Å². The molecule has 1 N–H and O–H groups in total. The molecule has 0 aromatic heterocycles. The molecule has 2 rings (SSSR count). The second-order valence-corrected chi connectivity index (χ2v) is 5.20. The number of carboxylic acids is 1. The molecule has 2 atom stereocenters. The van der Waals surface area contributed by atoms with Gasteiger partial charge in [0.25, 0.3) is 0 Å². The molecule has 16 heavy (non-hydrogen) atoms. The first-order valence-electron chi connectivity index (χ1n) is 5.79. The van der Waals surface area contributed by atoms with Crippen LogP contribution in [-0.2, 0) is 10.2 Å². The maximum absolute atomic E-state index is 11.5. The first-order chi connectivity index (χ1) is 7.48. The predicted octanol–water partition coefficient (Wildman–Crippen LogP) is 2.99. The molecule has 86 valence electrons. The van der Waals surface area contributed by atoms with Gasteiger partial charge in [-0.2, -0.15) is 0 Å². The van der Waals surface area contributed by atoms with Crippen LogP contribution >= 0.6 is 0 Å². The molecule has 1 aromatic rings. The monoisotopic (exact) mass is 218 g/mol. The molecule has 0 heterocycles. The molecule has 1 aliphatic rings. The van der Waals surface area contributed by atoms with Crippen LogP contribution in [0, 0.1) is 18.8 Å². The van der Waals surface area contributed by atoms with Crippen LogP contribution < -0.4 is 0 Å². The average molecular weight is 218 g/mol. The van der Waals surface area contributed by atoms with Crippen molar-refractivity contribution in [3.05, 3.63) is 35.4 Å². The summed E-state index contributed by atoms with van der Waals surface area (Å²) in [5.41, 5.74) is 1.53. The van der Waals surface area contributed by atoms with Gasteiger partial charge in [0.2, 0.25) is 0 Å². The fourth-order valence-electron chi connectivity index (χ4n) is 2.64. The lowest BCUT2D eigenvalue weighted by Gasteiger charge is -2.15. The summed E-state index contributed by atoms with van der Waals surface area (Å²) in [5.74, 6) is 0.0418. The summed E-state index contributed by atoms with van der Waals surface area (Å²) in [6.07, 6.45) is 0.781. The highest BCUT2D eigenvalue weighted by molar-refractivity contribution is 5.86. The third-order valence-electron chi connectivity index (χ3n) is 3.77. The van der Waals surface area contributed by atoms with Crippen molar-refractivity contribution in [2.45, 2.75) is 32.6 Å². The molecule has 0 saturated heterocycles. The zero-order chi connectivity index (χ0) is 11.9. The van der Waals surface area contributed by atoms with E-state index in [1.807, 2.05) is 31.2 Å². The Morgan fingerprint density at radius 2 is 1.94 bits per heavy atom. The molecule has 2 nitrogen and oxygen atoms in total. The van der Waals surface area contributed by atoms with Crippen molar-refractivity contribution < 1.29 is 9.90 Å². The van der Waals surface area contributed by atoms with E-state index in [0.29, 0.717) is 5.92 Å². The van der Waals surface area contributed by atoms with E-state index < -0.39 is 11.4 Å². The minimum absolute atomic E-state index is 0.285. The third-order valence-corrected chi connectivity index (χ3v) is 3.77. The quantitative estimate of drug-likeness (QED) is 0.846. The Morgan fingerprint density at radius 1 is 1.38 bits per heavy atom. The van der Waals surface area contributed by atoms with E-state index in [-0.39, 0.29) is 5.92 Å². The van der Waals surface area contributed by atoms with Crippen LogP contribution in [0.5, 0.6) is 0 Å². The second kappa shape index (κ2) is 3.62. The Balaban J connectivity index is 2.36. The molecule has 0 bridgehead atoms. The molecule has 2 heteroatoms. The lowest BCUT2D eigenvalue weighted by Crippen LogP contribution is -2.24. The lowest BCUT2D eigenvalue weighted by molar-refractivity contribution is -0.140. The molecule has 0 amide bonds. The summed E-state index contributed by atoms with van der Waals surface area (Å²) in [6.45, 7) is 6.22. The van der Waals surface area contributed by atoms with Gasteiger partial charge in [-0.25, -0.2) is 0 Å². The van der Waals surface area contributed by atoms with Crippen molar-refractivity contribution in [3.8, 4) is 0 Å². The van der Waals surface area contributed by atoms with Crippen molar-refractivity contribution in [2.24, 2.45) is 11.8 Å². The molecule has 2 unspecified atom stereocenters. The fraction of sp³-hybridized carbons (Fsp3) is 0.500. The maximum Gasteiger partial charge on any atom is 0.314 e. The molecule has 1 fully saturated rings. The zero-order valence-corrected chi connectivity index (χ0v) is 10.0. The molecule has 1 saturated carbocycles. The van der Waals surface area contributed by atoms with E-state index in [0.717, 1.165) is 12.0 Å². The number of hydrogen-bond acceptors (Lipinski definition) is 1. The molecular weight excluding hydrogens is 200 g/mol. The van der Waals surface area contributed by atoms with Crippen LogP contribution in [0.1, 0.15) is 31.4 Å². The minimum Gasteiger partial charge on any atom is -0.481 e. The summed E-state index contributed by atoms with van der Waals surface area (Å²) < 4.78 is 0. The van der Waals surface area contributed by atoms with Crippen molar-refractivity contribution >= 4 is 5.97 Å². The average Bonchev–Trinajstić information content (AvgIpc) is 2.95. The number of benzene rings is 1. The number of aliphatic carboxylic acids is 1. The Hall–Kier alpha value is -1.31. The van der Waals surface area contributed by atoms with Crippen molar-refractivity contribution in [1.82, 2.24) is 0 Å². The number of rotatable bonds is 3. The van der Waals surface area contributed by atoms with Gasteiger partial charge in [0.1, 0.15) is 0 Å². The van der Waals surface area contributed by atoms with Crippen molar-refractivity contribution in [3.63, 3.8) is 0 Å². The number of hydrogen-bond donors (Lipinski definition) is 1. The SMILES string of the molecule is Cc1ccc(C2(C(=O)O)CC2C(C)C)cc1. The summed E-state index contributed by atoms with van der Waals surface area (Å²) >= 11 is 0. The van der Waals surface area contributed by atoms with E-state index in [1.54, 1.807) is 0 Å². The molecule has 1 aromatic carbocycles. The third kappa shape index (κ3) is 1.53. The summed E-state index contributed by atoms with van der Waals surface area (Å²) in [6, 6.07) is 7.92. The van der Waals surface area contributed by atoms with E-state index in [2.05, 4.69) is 13.8 Å². The maximum atomic E-state index is 11.5. The van der Waals surface area contributed by atoms with Gasteiger partial charge in [-0.15, -0.1) is 0 Å². The summed E-state index contributed by atoms with van der Waals surface area (Å²) in [7, 11) is 0. The first kappa shape index (κ1) is 11.2. The van der Waals surface area contributed by atoms with E-state index in [9.17, 15) is 9.90 Å². The normalized spacial score (nSPS) is 28.1. The Kier molecular flexibility index (Phi) is 2.53. The van der Waals surface area contributed by atoms with Gasteiger partial charge in [0, 0.05) is 0 Å². The summed E-state index contributed by atoms with van der Waals surface area (Å²) in [5, 5.41) is 9.45. The Labute approximate surface area is 96.3 Å². The molecular formula is C14H18O2. The lowest BCUT2D eigenvalue weighted by atomic mass is 9.89. The van der Waals surface area contributed by atoms with Crippen molar-refractivity contribution in [2.75, 3.05) is 0 Å². The van der Waals surface area contributed by atoms with Crippen LogP contribution in [0.2, 0.25) is 0 Å². The smallest absolute Gasteiger partial charge is 0.314 e. The van der Waals surface area contributed by atoms with E-state index in [4.69, 9.17) is 0 Å². The highest BCUT2D eigenvalue weighted by Gasteiger charge is 2.62. The molecule has 0 aliphatic heterocycles. The standard InChI is InChI=1S/C14H18O2/c1-9(2)12-8-14(12,13(15)16)11-6-4-10(3)5-7-11/h4-7,9,12H,8H2,1-3H3,(H,15,16). The topological polar surface area (TPSA) is 37.3 Å². The Bertz CT molecular complexity index is 405. The van der Waals surface area contributed by atoms with E-state index >= 15 is 0 Å². The van der Waals surface area contributed by atoms with Gasteiger partial charge < -0.3 is 5.11 Å². The summed E-state index contributed by atoms with van der Waals surface area (Å²) in [4.78, 5) is 11.5. The van der Waals surface area contributed by atoms with Gasteiger partial charge in [-0.3, -0.25) is 4.79 Å². The first-order valence-corrected chi connectivity index (χ1v) is 5.79. The highest BCUT2D eigenvalue weighted by Crippen LogP contribution is 2.58. The number of carbonyl (C=O) groups is 1. The van der Waals surface area contributed by atoms with Gasteiger partial charge >= 0.3 is 5.97 Å². The van der Waals surface area contributed by atoms with Crippen LogP contribution in [0.15, 0.2) is 24.3 Å². The second-order valence-electron chi connectivity index (χ2n) is 5.20. The number of carboxylic acid groups (broad SMARTS) is 1. The fourth-order valence-corrected chi connectivity index (χ4v) is 2.64. The predicted molar refractivity (Wildman–Crippen MR) is 63.4 cm³/mol. The van der Waals surface area contributed by atoms with Crippen LogP contribution in [0.25, 0.3) is 0 Å². The van der Waals surface area contributed by atoms with Crippen molar-refractivity contribution in [1.29, 1.82) is 0 Å². The minimum atomic E-state index is -0.671. The van der Waals surface area contributed by atoms with Crippen LogP contribution in [0.4, 0.5) is 0 Å². The van der Waals surface area contributed by atoms with Gasteiger partial charge in [0.15, 0.2) is 0 Å². The highest BCUT2D eigenvalue weighted by atomic mass is 16.4. The van der Waals surface area contributed by atoms with Gasteiger partial charge in [-0.05, 0) is 30.7 Å². The van der Waals surface area contributed by atoms with Gasteiger partial charge in [-0.1, -0.05) is 43.7 Å². The van der Waals surface area contributed by atoms with Crippen LogP contribution in [0.3, 0.4) is 0 Å².